The molecule has 0 saturated heterocycles. The van der Waals surface area contributed by atoms with Gasteiger partial charge < -0.3 is 10.8 Å². The highest BCUT2D eigenvalue weighted by atomic mass is 35.5. The van der Waals surface area contributed by atoms with Crippen LogP contribution in [0.5, 0.6) is 0 Å². The largest absolute Gasteiger partial charge is 0.480 e. The van der Waals surface area contributed by atoms with Crippen LogP contribution in [0, 0.1) is 0 Å². The summed E-state index contributed by atoms with van der Waals surface area (Å²) in [5, 5.41) is 10.2. The van der Waals surface area contributed by atoms with Crippen LogP contribution >= 0.6 is 23.7 Å². The SMILES string of the molecule is C[C@](N)(Cc1cccc(-c2nc(C(F)(F)F)cs2)c1)C(=O)O.Cl. The fourth-order valence-corrected chi connectivity index (χ4v) is 2.67. The molecule has 0 aliphatic carbocycles. The Bertz CT molecular complexity index is 701. The predicted molar refractivity (Wildman–Crippen MR) is 83.7 cm³/mol. The van der Waals surface area contributed by atoms with Crippen LogP contribution < -0.4 is 5.73 Å². The minimum absolute atomic E-state index is 0. The Morgan fingerprint density at radius 3 is 2.57 bits per heavy atom. The number of thiazole rings is 1. The van der Waals surface area contributed by atoms with E-state index >= 15 is 0 Å². The number of alkyl halides is 3. The van der Waals surface area contributed by atoms with Crippen LogP contribution in [0.15, 0.2) is 29.6 Å². The molecule has 0 spiro atoms. The third kappa shape index (κ3) is 4.66. The van der Waals surface area contributed by atoms with Crippen LogP contribution in [-0.4, -0.2) is 21.6 Å². The van der Waals surface area contributed by atoms with Crippen molar-refractivity contribution in [1.29, 1.82) is 0 Å². The molecule has 126 valence electrons. The van der Waals surface area contributed by atoms with Gasteiger partial charge in [0.05, 0.1) is 0 Å². The number of carbonyl (C=O) groups is 1. The molecule has 0 aliphatic rings. The second-order valence-corrected chi connectivity index (χ2v) is 5.99. The number of halogens is 4. The molecule has 0 fully saturated rings. The maximum Gasteiger partial charge on any atom is 0.434 e. The summed E-state index contributed by atoms with van der Waals surface area (Å²) < 4.78 is 37.7. The molecule has 0 unspecified atom stereocenters. The van der Waals surface area contributed by atoms with E-state index in [0.717, 1.165) is 16.7 Å². The molecule has 1 aromatic carbocycles. The van der Waals surface area contributed by atoms with E-state index in [1.165, 1.54) is 6.92 Å². The number of hydrogen-bond donors (Lipinski definition) is 2. The van der Waals surface area contributed by atoms with Crippen molar-refractivity contribution in [3.05, 3.63) is 40.9 Å². The first-order chi connectivity index (χ1) is 10.1. The van der Waals surface area contributed by atoms with Crippen molar-refractivity contribution < 1.29 is 23.1 Å². The number of nitrogens with two attached hydrogens (primary N) is 1. The van der Waals surface area contributed by atoms with E-state index < -0.39 is 23.4 Å². The van der Waals surface area contributed by atoms with Crippen LogP contribution in [0.2, 0.25) is 0 Å². The van der Waals surface area contributed by atoms with E-state index in [1.807, 2.05) is 0 Å². The normalized spacial score (nSPS) is 14.0. The fraction of sp³-hybridized carbons (Fsp3) is 0.286. The van der Waals surface area contributed by atoms with Crippen LogP contribution in [0.25, 0.3) is 10.6 Å². The zero-order valence-corrected chi connectivity index (χ0v) is 13.6. The molecule has 4 nitrogen and oxygen atoms in total. The monoisotopic (exact) mass is 366 g/mol. The molecule has 23 heavy (non-hydrogen) atoms. The van der Waals surface area contributed by atoms with Crippen molar-refractivity contribution >= 4 is 29.7 Å². The van der Waals surface area contributed by atoms with Gasteiger partial charge in [0.2, 0.25) is 0 Å². The molecular formula is C14H14ClF3N2O2S. The van der Waals surface area contributed by atoms with Crippen molar-refractivity contribution in [2.45, 2.75) is 25.1 Å². The number of aromatic nitrogens is 1. The highest BCUT2D eigenvalue weighted by Gasteiger charge is 2.34. The molecule has 1 atom stereocenters. The first-order valence-corrected chi connectivity index (χ1v) is 7.12. The molecule has 1 aromatic heterocycles. The summed E-state index contributed by atoms with van der Waals surface area (Å²) in [5.74, 6) is -1.15. The molecule has 2 rings (SSSR count). The van der Waals surface area contributed by atoms with Gasteiger partial charge in [0.15, 0.2) is 5.69 Å². The Kier molecular flexibility index (Phi) is 5.79. The maximum absolute atomic E-state index is 12.6. The average molecular weight is 367 g/mol. The summed E-state index contributed by atoms with van der Waals surface area (Å²) in [6.45, 7) is 1.38. The number of benzene rings is 1. The summed E-state index contributed by atoms with van der Waals surface area (Å²) >= 11 is 0.884. The molecule has 0 amide bonds. The first-order valence-electron chi connectivity index (χ1n) is 6.24. The summed E-state index contributed by atoms with van der Waals surface area (Å²) in [7, 11) is 0. The summed E-state index contributed by atoms with van der Waals surface area (Å²) in [5.41, 5.74) is 4.41. The van der Waals surface area contributed by atoms with Gasteiger partial charge in [-0.25, -0.2) is 4.98 Å². The molecule has 1 heterocycles. The van der Waals surface area contributed by atoms with Crippen LogP contribution in [0.3, 0.4) is 0 Å². The summed E-state index contributed by atoms with van der Waals surface area (Å²) in [6, 6.07) is 6.54. The number of hydrogen-bond acceptors (Lipinski definition) is 4. The van der Waals surface area contributed by atoms with Crippen molar-refractivity contribution in [1.82, 2.24) is 4.98 Å². The molecule has 0 aliphatic heterocycles. The third-order valence-corrected chi connectivity index (χ3v) is 3.92. The zero-order chi connectivity index (χ0) is 16.5. The van der Waals surface area contributed by atoms with Gasteiger partial charge in [0.25, 0.3) is 0 Å². The van der Waals surface area contributed by atoms with Gasteiger partial charge in [-0.05, 0) is 18.6 Å². The molecule has 0 radical (unpaired) electrons. The van der Waals surface area contributed by atoms with Crippen molar-refractivity contribution in [2.75, 3.05) is 0 Å². The molecule has 0 bridgehead atoms. The average Bonchev–Trinajstić information content (AvgIpc) is 2.87. The van der Waals surface area contributed by atoms with E-state index in [4.69, 9.17) is 10.8 Å². The van der Waals surface area contributed by atoms with Gasteiger partial charge in [-0.3, -0.25) is 4.79 Å². The number of rotatable bonds is 4. The minimum atomic E-state index is -4.48. The van der Waals surface area contributed by atoms with Gasteiger partial charge in [-0.2, -0.15) is 13.2 Å². The number of nitrogens with zero attached hydrogens (tertiary/aromatic N) is 1. The first kappa shape index (κ1) is 19.4. The number of carboxylic acids is 1. The molecular weight excluding hydrogens is 353 g/mol. The van der Waals surface area contributed by atoms with Crippen molar-refractivity contribution in [3.63, 3.8) is 0 Å². The second kappa shape index (κ2) is 6.86. The van der Waals surface area contributed by atoms with E-state index in [-0.39, 0.29) is 23.8 Å². The van der Waals surface area contributed by atoms with Gasteiger partial charge in [0.1, 0.15) is 10.5 Å². The van der Waals surface area contributed by atoms with E-state index in [2.05, 4.69) is 4.98 Å². The lowest BCUT2D eigenvalue weighted by molar-refractivity contribution is -0.142. The summed E-state index contributed by atoms with van der Waals surface area (Å²) in [6.07, 6.45) is -4.42. The Balaban J connectivity index is 0.00000264. The predicted octanol–water partition coefficient (Wildman–Crippen LogP) is 3.60. The molecule has 2 aromatic rings. The maximum atomic E-state index is 12.6. The van der Waals surface area contributed by atoms with Gasteiger partial charge >= 0.3 is 12.1 Å². The van der Waals surface area contributed by atoms with Crippen molar-refractivity contribution in [3.8, 4) is 10.6 Å². The lowest BCUT2D eigenvalue weighted by atomic mass is 9.93. The highest BCUT2D eigenvalue weighted by molar-refractivity contribution is 7.13. The lowest BCUT2D eigenvalue weighted by Gasteiger charge is -2.19. The van der Waals surface area contributed by atoms with Gasteiger partial charge in [0, 0.05) is 17.4 Å². The fourth-order valence-electron chi connectivity index (χ4n) is 1.85. The highest BCUT2D eigenvalue weighted by Crippen LogP contribution is 2.33. The van der Waals surface area contributed by atoms with Gasteiger partial charge in [-0.15, -0.1) is 23.7 Å². The lowest BCUT2D eigenvalue weighted by Crippen LogP contribution is -2.46. The Hall–Kier alpha value is -1.64. The molecule has 3 N–H and O–H groups in total. The minimum Gasteiger partial charge on any atom is -0.480 e. The Morgan fingerprint density at radius 2 is 2.04 bits per heavy atom. The van der Waals surface area contributed by atoms with E-state index in [0.29, 0.717) is 11.1 Å². The molecule has 0 saturated carbocycles. The van der Waals surface area contributed by atoms with Crippen molar-refractivity contribution in [2.24, 2.45) is 5.73 Å². The third-order valence-electron chi connectivity index (χ3n) is 3.03. The van der Waals surface area contributed by atoms with E-state index in [9.17, 15) is 18.0 Å². The quantitative estimate of drug-likeness (QED) is 0.866. The number of aliphatic carboxylic acids is 1. The smallest absolute Gasteiger partial charge is 0.434 e. The topological polar surface area (TPSA) is 76.2 Å². The Morgan fingerprint density at radius 1 is 1.39 bits per heavy atom. The Labute approximate surface area is 140 Å². The van der Waals surface area contributed by atoms with Crippen LogP contribution in [0.4, 0.5) is 13.2 Å². The standard InChI is InChI=1S/C14H13F3N2O2S.ClH/c1-13(18,12(20)21)6-8-3-2-4-9(5-8)11-19-10(7-22-11)14(15,16)17;/h2-5,7H,6,18H2,1H3,(H,20,21);1H/t13-;/m0./s1. The van der Waals surface area contributed by atoms with E-state index in [1.54, 1.807) is 24.3 Å². The second-order valence-electron chi connectivity index (χ2n) is 5.14. The number of carboxylic acid groups (broad SMARTS) is 1. The van der Waals surface area contributed by atoms with Gasteiger partial charge in [-0.1, -0.05) is 18.2 Å². The zero-order valence-electron chi connectivity index (χ0n) is 11.9. The van der Waals surface area contributed by atoms with Crippen LogP contribution in [0.1, 0.15) is 18.2 Å². The molecule has 9 heteroatoms. The summed E-state index contributed by atoms with van der Waals surface area (Å²) in [4.78, 5) is 14.6. The van der Waals surface area contributed by atoms with Crippen LogP contribution in [-0.2, 0) is 17.4 Å².